The van der Waals surface area contributed by atoms with Crippen LogP contribution in [0.3, 0.4) is 0 Å². The normalized spacial score (nSPS) is 14.4. The Bertz CT molecular complexity index is 1130. The number of hydrogen-bond donors (Lipinski definition) is 2. The Morgan fingerprint density at radius 1 is 1.17 bits per heavy atom. The van der Waals surface area contributed by atoms with Crippen molar-refractivity contribution in [2.24, 2.45) is 0 Å². The summed E-state index contributed by atoms with van der Waals surface area (Å²) in [4.78, 5) is 14.5. The predicted octanol–water partition coefficient (Wildman–Crippen LogP) is 4.45. The number of nitrogens with one attached hydrogen (secondary N) is 1. The maximum atomic E-state index is 12.5. The van der Waals surface area contributed by atoms with E-state index in [0.717, 1.165) is 16.8 Å². The third-order valence-electron chi connectivity index (χ3n) is 4.71. The Morgan fingerprint density at radius 3 is 2.52 bits per heavy atom. The number of rotatable bonds is 4. The van der Waals surface area contributed by atoms with E-state index in [1.807, 2.05) is 43.3 Å². The molecule has 29 heavy (non-hydrogen) atoms. The van der Waals surface area contributed by atoms with Gasteiger partial charge in [-0.2, -0.15) is 0 Å². The Hall–Kier alpha value is -3.45. The number of carbonyl (C=O) groups is 1. The topological polar surface area (TPSA) is 87.8 Å². The molecule has 1 aliphatic heterocycles. The number of fused-ring (bicyclic) bond motifs is 1. The van der Waals surface area contributed by atoms with E-state index in [1.54, 1.807) is 12.1 Å². The van der Waals surface area contributed by atoms with Crippen molar-refractivity contribution >= 4 is 40.2 Å². The molecular formula is C21H18ClN3O4. The molecule has 3 aromatic rings. The molecule has 8 heteroatoms. The molecular weight excluding hydrogens is 394 g/mol. The number of ether oxygens (including phenoxy) is 1. The van der Waals surface area contributed by atoms with Gasteiger partial charge in [0.25, 0.3) is 11.8 Å². The lowest BCUT2D eigenvalue weighted by atomic mass is 9.98. The smallest absolute Gasteiger partial charge is 0.260 e. The van der Waals surface area contributed by atoms with Crippen molar-refractivity contribution < 1.29 is 19.2 Å². The number of anilines is 2. The Kier molecular flexibility index (Phi) is 4.68. The first-order valence-electron chi connectivity index (χ1n) is 8.76. The monoisotopic (exact) mass is 411 g/mol. The van der Waals surface area contributed by atoms with Crippen LogP contribution in [0.25, 0.3) is 22.5 Å². The van der Waals surface area contributed by atoms with Crippen LogP contribution in [-0.4, -0.2) is 37.4 Å². The molecule has 1 aliphatic rings. The summed E-state index contributed by atoms with van der Waals surface area (Å²) in [5.74, 6) is -0.549. The van der Waals surface area contributed by atoms with Crippen LogP contribution in [0.4, 0.5) is 11.4 Å². The van der Waals surface area contributed by atoms with Gasteiger partial charge in [-0.15, -0.1) is 0 Å². The first-order valence-corrected chi connectivity index (χ1v) is 9.14. The minimum atomic E-state index is -0.455. The highest BCUT2D eigenvalue weighted by molar-refractivity contribution is 6.38. The summed E-state index contributed by atoms with van der Waals surface area (Å²) >= 11 is 6.47. The quantitative estimate of drug-likeness (QED) is 0.487. The summed E-state index contributed by atoms with van der Waals surface area (Å²) in [6.45, 7) is 0. The van der Waals surface area contributed by atoms with E-state index in [0.29, 0.717) is 16.3 Å². The number of methoxy groups -OCH3 is 1. The molecule has 0 saturated heterocycles. The molecule has 0 bridgehead atoms. The van der Waals surface area contributed by atoms with E-state index in [1.165, 1.54) is 13.2 Å². The zero-order valence-corrected chi connectivity index (χ0v) is 16.7. The van der Waals surface area contributed by atoms with E-state index < -0.39 is 5.91 Å². The van der Waals surface area contributed by atoms with Crippen LogP contribution in [0.1, 0.15) is 11.3 Å². The maximum Gasteiger partial charge on any atom is 0.260 e. The molecule has 1 aromatic heterocycles. The van der Waals surface area contributed by atoms with Crippen molar-refractivity contribution in [2.75, 3.05) is 31.4 Å². The van der Waals surface area contributed by atoms with Gasteiger partial charge >= 0.3 is 0 Å². The third-order valence-corrected chi connectivity index (χ3v) is 5.03. The number of amides is 1. The average molecular weight is 412 g/mol. The van der Waals surface area contributed by atoms with Crippen LogP contribution in [0, 0.1) is 0 Å². The van der Waals surface area contributed by atoms with E-state index in [9.17, 15) is 9.90 Å². The standard InChI is InChI=1S/C21H18ClN3O4/c1-25(2)12-6-4-11(5-7-12)13-8-14-16(9-15(13)22)23-21(27)19(14)20(26)17-10-18(28-3)24-29-17/h4-10,26H,1-3H3,(H,23,27). The lowest BCUT2D eigenvalue weighted by Gasteiger charge is -2.14. The molecule has 0 radical (unpaired) electrons. The molecule has 0 aliphatic carbocycles. The number of aliphatic hydroxyl groups excluding tert-OH is 1. The molecule has 2 heterocycles. The van der Waals surface area contributed by atoms with Crippen LogP contribution in [0.5, 0.6) is 5.88 Å². The SMILES string of the molecule is COc1cc(C(O)=C2C(=O)Nc3cc(Cl)c(-c4ccc(N(C)C)cc4)cc32)on1. The summed E-state index contributed by atoms with van der Waals surface area (Å²) < 4.78 is 10.0. The summed E-state index contributed by atoms with van der Waals surface area (Å²) in [5.41, 5.74) is 3.82. The lowest BCUT2D eigenvalue weighted by molar-refractivity contribution is -0.110. The van der Waals surface area contributed by atoms with E-state index in [-0.39, 0.29) is 23.0 Å². The fraction of sp³-hybridized carbons (Fsp3) is 0.143. The highest BCUT2D eigenvalue weighted by Gasteiger charge is 2.31. The van der Waals surface area contributed by atoms with E-state index in [4.69, 9.17) is 20.9 Å². The molecule has 0 saturated carbocycles. The Morgan fingerprint density at radius 2 is 1.90 bits per heavy atom. The van der Waals surface area contributed by atoms with Gasteiger partial charge in [-0.3, -0.25) is 4.79 Å². The second-order valence-corrected chi connectivity index (χ2v) is 7.14. The maximum absolute atomic E-state index is 12.5. The van der Waals surface area contributed by atoms with Crippen LogP contribution < -0.4 is 15.0 Å². The summed E-state index contributed by atoms with van der Waals surface area (Å²) in [7, 11) is 5.36. The van der Waals surface area contributed by atoms with Crippen molar-refractivity contribution in [3.8, 4) is 17.0 Å². The molecule has 2 N–H and O–H groups in total. The van der Waals surface area contributed by atoms with Crippen LogP contribution in [-0.2, 0) is 4.79 Å². The van der Waals surface area contributed by atoms with Gasteiger partial charge in [0.1, 0.15) is 0 Å². The first kappa shape index (κ1) is 18.9. The van der Waals surface area contributed by atoms with Crippen LogP contribution >= 0.6 is 11.6 Å². The van der Waals surface area contributed by atoms with Gasteiger partial charge in [-0.1, -0.05) is 23.7 Å². The van der Waals surface area contributed by atoms with Gasteiger partial charge in [0.15, 0.2) is 5.76 Å². The van der Waals surface area contributed by atoms with Crippen molar-refractivity contribution in [1.29, 1.82) is 0 Å². The minimum Gasteiger partial charge on any atom is -0.504 e. The number of aliphatic hydroxyl groups is 1. The van der Waals surface area contributed by atoms with E-state index in [2.05, 4.69) is 10.5 Å². The highest BCUT2D eigenvalue weighted by atomic mass is 35.5. The van der Waals surface area contributed by atoms with Crippen molar-refractivity contribution in [1.82, 2.24) is 5.16 Å². The van der Waals surface area contributed by atoms with Gasteiger partial charge in [0, 0.05) is 30.9 Å². The van der Waals surface area contributed by atoms with Gasteiger partial charge in [0.05, 0.1) is 29.5 Å². The molecule has 0 fully saturated rings. The fourth-order valence-corrected chi connectivity index (χ4v) is 3.45. The number of aromatic nitrogens is 1. The molecule has 7 nitrogen and oxygen atoms in total. The van der Waals surface area contributed by atoms with Crippen molar-refractivity contribution in [2.45, 2.75) is 0 Å². The second-order valence-electron chi connectivity index (χ2n) is 6.73. The van der Waals surface area contributed by atoms with E-state index >= 15 is 0 Å². The molecule has 2 aromatic carbocycles. The van der Waals surface area contributed by atoms with Gasteiger partial charge in [0.2, 0.25) is 5.76 Å². The summed E-state index contributed by atoms with van der Waals surface area (Å²) in [5, 5.41) is 17.5. The molecule has 4 rings (SSSR count). The third kappa shape index (κ3) is 3.30. The number of halogens is 1. The molecule has 148 valence electrons. The zero-order chi connectivity index (χ0) is 20.7. The first-order chi connectivity index (χ1) is 13.9. The number of carbonyl (C=O) groups excluding carboxylic acids is 1. The summed E-state index contributed by atoms with van der Waals surface area (Å²) in [6, 6.07) is 12.7. The highest BCUT2D eigenvalue weighted by Crippen LogP contribution is 2.42. The van der Waals surface area contributed by atoms with Crippen molar-refractivity contribution in [3.63, 3.8) is 0 Å². The van der Waals surface area contributed by atoms with Gasteiger partial charge in [-0.25, -0.2) is 0 Å². The van der Waals surface area contributed by atoms with Crippen molar-refractivity contribution in [3.05, 3.63) is 58.8 Å². The second kappa shape index (κ2) is 7.18. The Labute approximate surface area is 172 Å². The molecule has 1 amide bonds. The van der Waals surface area contributed by atoms with Crippen LogP contribution in [0.15, 0.2) is 47.0 Å². The summed E-state index contributed by atoms with van der Waals surface area (Å²) in [6.07, 6.45) is 0. The largest absolute Gasteiger partial charge is 0.504 e. The number of hydrogen-bond acceptors (Lipinski definition) is 6. The number of benzene rings is 2. The van der Waals surface area contributed by atoms with Gasteiger partial charge in [-0.05, 0) is 35.0 Å². The molecule has 0 atom stereocenters. The zero-order valence-electron chi connectivity index (χ0n) is 16.0. The van der Waals surface area contributed by atoms with Crippen LogP contribution in [0.2, 0.25) is 5.02 Å². The minimum absolute atomic E-state index is 0.0340. The molecule has 0 spiro atoms. The fourth-order valence-electron chi connectivity index (χ4n) is 3.18. The predicted molar refractivity (Wildman–Crippen MR) is 112 cm³/mol. The average Bonchev–Trinajstić information content (AvgIpc) is 3.30. The Balaban J connectivity index is 1.82. The molecule has 0 unspecified atom stereocenters. The number of nitrogens with zero attached hydrogens (tertiary/aromatic N) is 2. The van der Waals surface area contributed by atoms with Gasteiger partial charge < -0.3 is 24.6 Å². The lowest BCUT2D eigenvalue weighted by Crippen LogP contribution is -2.07.